The standard InChI is InChI=1S/C9H7BrN2/c1-6-2-3-8-7(9(6)10)4-11-5-12-8/h2-5H,1H3. The first-order valence-electron chi connectivity index (χ1n) is 3.64. The van der Waals surface area contributed by atoms with Gasteiger partial charge in [-0.15, -0.1) is 0 Å². The van der Waals surface area contributed by atoms with Crippen LogP contribution in [0.1, 0.15) is 5.56 Å². The predicted octanol–water partition coefficient (Wildman–Crippen LogP) is 2.70. The number of aromatic nitrogens is 2. The molecule has 2 aromatic rings. The Morgan fingerprint density at radius 2 is 2.17 bits per heavy atom. The van der Waals surface area contributed by atoms with Gasteiger partial charge in [-0.1, -0.05) is 6.07 Å². The van der Waals surface area contributed by atoms with Crippen LogP contribution in [0.3, 0.4) is 0 Å². The molecule has 0 aliphatic heterocycles. The lowest BCUT2D eigenvalue weighted by molar-refractivity contribution is 1.22. The van der Waals surface area contributed by atoms with Crippen molar-refractivity contribution in [3.63, 3.8) is 0 Å². The number of benzene rings is 1. The van der Waals surface area contributed by atoms with E-state index in [9.17, 15) is 0 Å². The predicted molar refractivity (Wildman–Crippen MR) is 52.0 cm³/mol. The lowest BCUT2D eigenvalue weighted by Crippen LogP contribution is -1.83. The summed E-state index contributed by atoms with van der Waals surface area (Å²) >= 11 is 3.50. The fourth-order valence-electron chi connectivity index (χ4n) is 1.13. The Hall–Kier alpha value is -0.960. The highest BCUT2D eigenvalue weighted by Crippen LogP contribution is 2.24. The second-order valence-electron chi connectivity index (χ2n) is 2.65. The highest BCUT2D eigenvalue weighted by atomic mass is 79.9. The Morgan fingerprint density at radius 3 is 3.00 bits per heavy atom. The molecule has 0 unspecified atom stereocenters. The number of halogens is 1. The summed E-state index contributed by atoms with van der Waals surface area (Å²) in [4.78, 5) is 8.12. The van der Waals surface area contributed by atoms with E-state index >= 15 is 0 Å². The van der Waals surface area contributed by atoms with E-state index < -0.39 is 0 Å². The van der Waals surface area contributed by atoms with Gasteiger partial charge in [-0.3, -0.25) is 0 Å². The van der Waals surface area contributed by atoms with Crippen molar-refractivity contribution in [1.82, 2.24) is 9.97 Å². The van der Waals surface area contributed by atoms with Crippen LogP contribution in [0.5, 0.6) is 0 Å². The third kappa shape index (κ3) is 1.10. The summed E-state index contributed by atoms with van der Waals surface area (Å²) in [5.41, 5.74) is 2.18. The molecule has 60 valence electrons. The second kappa shape index (κ2) is 2.83. The topological polar surface area (TPSA) is 25.8 Å². The minimum Gasteiger partial charge on any atom is -0.244 e. The van der Waals surface area contributed by atoms with Crippen LogP contribution in [0.2, 0.25) is 0 Å². The summed E-state index contributed by atoms with van der Waals surface area (Å²) in [5.74, 6) is 0. The van der Waals surface area contributed by atoms with Crippen molar-refractivity contribution in [3.8, 4) is 0 Å². The molecule has 0 aliphatic rings. The van der Waals surface area contributed by atoms with Crippen LogP contribution in [0.25, 0.3) is 10.9 Å². The summed E-state index contributed by atoms with van der Waals surface area (Å²) in [6, 6.07) is 4.04. The molecule has 1 heterocycles. The molecule has 0 spiro atoms. The van der Waals surface area contributed by atoms with Gasteiger partial charge in [0, 0.05) is 16.1 Å². The van der Waals surface area contributed by atoms with E-state index in [1.165, 1.54) is 5.56 Å². The van der Waals surface area contributed by atoms with Crippen LogP contribution in [0.4, 0.5) is 0 Å². The zero-order valence-electron chi connectivity index (χ0n) is 6.58. The molecule has 12 heavy (non-hydrogen) atoms. The van der Waals surface area contributed by atoms with Crippen LogP contribution in [-0.2, 0) is 0 Å². The zero-order chi connectivity index (χ0) is 8.55. The normalized spacial score (nSPS) is 10.5. The summed E-state index contributed by atoms with van der Waals surface area (Å²) < 4.78 is 1.08. The summed E-state index contributed by atoms with van der Waals surface area (Å²) in [6.45, 7) is 2.05. The zero-order valence-corrected chi connectivity index (χ0v) is 8.17. The minimum atomic E-state index is 0.975. The van der Waals surface area contributed by atoms with Gasteiger partial charge in [0.05, 0.1) is 5.52 Å². The molecule has 1 aromatic heterocycles. The molecule has 0 atom stereocenters. The van der Waals surface area contributed by atoms with Gasteiger partial charge in [-0.2, -0.15) is 0 Å². The molecule has 0 radical (unpaired) electrons. The number of fused-ring (bicyclic) bond motifs is 1. The smallest absolute Gasteiger partial charge is 0.116 e. The van der Waals surface area contributed by atoms with Crippen molar-refractivity contribution in [3.05, 3.63) is 34.7 Å². The highest BCUT2D eigenvalue weighted by Gasteiger charge is 2.00. The Morgan fingerprint density at radius 1 is 1.33 bits per heavy atom. The second-order valence-corrected chi connectivity index (χ2v) is 3.44. The van der Waals surface area contributed by atoms with E-state index in [-0.39, 0.29) is 0 Å². The molecule has 2 nitrogen and oxygen atoms in total. The van der Waals surface area contributed by atoms with E-state index in [0.717, 1.165) is 15.4 Å². The van der Waals surface area contributed by atoms with Gasteiger partial charge in [0.2, 0.25) is 0 Å². The van der Waals surface area contributed by atoms with Crippen molar-refractivity contribution in [1.29, 1.82) is 0 Å². The van der Waals surface area contributed by atoms with Crippen LogP contribution < -0.4 is 0 Å². The number of rotatable bonds is 0. The molecule has 0 fully saturated rings. The summed E-state index contributed by atoms with van der Waals surface area (Å²) in [5, 5.41) is 1.07. The highest BCUT2D eigenvalue weighted by molar-refractivity contribution is 9.10. The van der Waals surface area contributed by atoms with Gasteiger partial charge < -0.3 is 0 Å². The lowest BCUT2D eigenvalue weighted by atomic mass is 10.2. The van der Waals surface area contributed by atoms with E-state index in [1.807, 2.05) is 18.3 Å². The molecular formula is C9H7BrN2. The van der Waals surface area contributed by atoms with Gasteiger partial charge in [0.15, 0.2) is 0 Å². The van der Waals surface area contributed by atoms with Gasteiger partial charge >= 0.3 is 0 Å². The third-order valence-corrected chi connectivity index (χ3v) is 2.87. The van der Waals surface area contributed by atoms with E-state index in [2.05, 4.69) is 32.8 Å². The number of hydrogen-bond donors (Lipinski definition) is 0. The summed E-state index contributed by atoms with van der Waals surface area (Å²) in [7, 11) is 0. The lowest BCUT2D eigenvalue weighted by Gasteiger charge is -2.01. The van der Waals surface area contributed by atoms with Crippen molar-refractivity contribution >= 4 is 26.8 Å². The molecule has 0 bridgehead atoms. The maximum Gasteiger partial charge on any atom is 0.116 e. The van der Waals surface area contributed by atoms with Crippen LogP contribution in [0.15, 0.2) is 29.1 Å². The summed E-state index contributed by atoms with van der Waals surface area (Å²) in [6.07, 6.45) is 3.38. The van der Waals surface area contributed by atoms with Crippen LogP contribution >= 0.6 is 15.9 Å². The molecular weight excluding hydrogens is 216 g/mol. The molecule has 0 amide bonds. The van der Waals surface area contributed by atoms with Crippen molar-refractivity contribution in [2.75, 3.05) is 0 Å². The van der Waals surface area contributed by atoms with Crippen molar-refractivity contribution < 1.29 is 0 Å². The fraction of sp³-hybridized carbons (Fsp3) is 0.111. The van der Waals surface area contributed by atoms with Crippen molar-refractivity contribution in [2.45, 2.75) is 6.92 Å². The molecule has 0 saturated heterocycles. The SMILES string of the molecule is Cc1ccc2ncncc2c1Br. The average molecular weight is 223 g/mol. The first-order valence-corrected chi connectivity index (χ1v) is 4.43. The van der Waals surface area contributed by atoms with Gasteiger partial charge in [0.25, 0.3) is 0 Å². The molecule has 1 aromatic carbocycles. The molecule has 2 rings (SSSR count). The maximum absolute atomic E-state index is 4.14. The van der Waals surface area contributed by atoms with Crippen molar-refractivity contribution in [2.24, 2.45) is 0 Å². The average Bonchev–Trinajstić information content (AvgIpc) is 2.12. The molecule has 0 saturated carbocycles. The maximum atomic E-state index is 4.14. The van der Waals surface area contributed by atoms with E-state index in [0.29, 0.717) is 0 Å². The number of aryl methyl sites for hydroxylation is 1. The molecule has 0 N–H and O–H groups in total. The quantitative estimate of drug-likeness (QED) is 0.686. The number of hydrogen-bond acceptors (Lipinski definition) is 2. The Balaban J connectivity index is 2.91. The Labute approximate surface area is 78.8 Å². The third-order valence-electron chi connectivity index (χ3n) is 1.82. The monoisotopic (exact) mass is 222 g/mol. The first-order chi connectivity index (χ1) is 5.79. The van der Waals surface area contributed by atoms with Crippen LogP contribution in [0, 0.1) is 6.92 Å². The molecule has 0 aliphatic carbocycles. The Bertz CT molecular complexity index is 426. The fourth-order valence-corrected chi connectivity index (χ4v) is 1.57. The molecule has 3 heteroatoms. The van der Waals surface area contributed by atoms with Gasteiger partial charge in [0.1, 0.15) is 6.33 Å². The number of nitrogens with zero attached hydrogens (tertiary/aromatic N) is 2. The van der Waals surface area contributed by atoms with Crippen LogP contribution in [-0.4, -0.2) is 9.97 Å². The van der Waals surface area contributed by atoms with E-state index in [4.69, 9.17) is 0 Å². The minimum absolute atomic E-state index is 0.975. The Kier molecular flexibility index (Phi) is 1.81. The van der Waals surface area contributed by atoms with E-state index in [1.54, 1.807) is 6.33 Å². The largest absolute Gasteiger partial charge is 0.244 e. The van der Waals surface area contributed by atoms with Gasteiger partial charge in [-0.05, 0) is 34.5 Å². The first kappa shape index (κ1) is 7.68. The van der Waals surface area contributed by atoms with Gasteiger partial charge in [-0.25, -0.2) is 9.97 Å².